The fourth-order valence-electron chi connectivity index (χ4n) is 1.56. The number of carbonyl (C=O) groups is 1. The maximum Gasteiger partial charge on any atom is 0.309 e. The molecule has 1 aromatic heterocycles. The van der Waals surface area contributed by atoms with Crippen molar-refractivity contribution >= 4 is 5.91 Å². The standard InChI is InChI=1S/C9H12N2O2/c12-9(8-10-4-7-13-8)11-5-2-1-3-6-11/h4,7H,1-3,5-6H2. The number of nitrogens with zero attached hydrogens (tertiary/aromatic N) is 2. The first-order chi connectivity index (χ1) is 6.38. The second-order valence-corrected chi connectivity index (χ2v) is 3.19. The lowest BCUT2D eigenvalue weighted by Crippen LogP contribution is -2.35. The highest BCUT2D eigenvalue weighted by molar-refractivity contribution is 5.89. The molecule has 0 bridgehead atoms. The van der Waals surface area contributed by atoms with E-state index in [9.17, 15) is 4.79 Å². The Bertz CT molecular complexity index is 276. The van der Waals surface area contributed by atoms with E-state index < -0.39 is 0 Å². The monoisotopic (exact) mass is 180 g/mol. The molecule has 1 aliphatic heterocycles. The minimum atomic E-state index is -0.0790. The van der Waals surface area contributed by atoms with Crippen LogP contribution in [0.5, 0.6) is 0 Å². The van der Waals surface area contributed by atoms with Crippen LogP contribution in [0.25, 0.3) is 0 Å². The summed E-state index contributed by atoms with van der Waals surface area (Å²) in [5, 5.41) is 0. The van der Waals surface area contributed by atoms with Gasteiger partial charge in [-0.1, -0.05) is 0 Å². The van der Waals surface area contributed by atoms with Gasteiger partial charge in [0.2, 0.25) is 0 Å². The van der Waals surface area contributed by atoms with Crippen molar-refractivity contribution in [3.8, 4) is 0 Å². The summed E-state index contributed by atoms with van der Waals surface area (Å²) < 4.78 is 4.95. The van der Waals surface area contributed by atoms with Crippen molar-refractivity contribution < 1.29 is 9.21 Å². The molecule has 4 heteroatoms. The first-order valence-corrected chi connectivity index (χ1v) is 4.57. The van der Waals surface area contributed by atoms with Crippen molar-refractivity contribution in [1.29, 1.82) is 0 Å². The van der Waals surface area contributed by atoms with E-state index >= 15 is 0 Å². The predicted molar refractivity (Wildman–Crippen MR) is 46.3 cm³/mol. The van der Waals surface area contributed by atoms with Gasteiger partial charge in [0.1, 0.15) is 6.26 Å². The molecule has 0 atom stereocenters. The molecule has 0 spiro atoms. The van der Waals surface area contributed by atoms with Crippen LogP contribution in [-0.2, 0) is 0 Å². The number of likely N-dealkylation sites (tertiary alicyclic amines) is 1. The highest BCUT2D eigenvalue weighted by atomic mass is 16.4. The molecule has 1 saturated heterocycles. The van der Waals surface area contributed by atoms with Crippen LogP contribution in [0.4, 0.5) is 0 Å². The number of oxazole rings is 1. The molecule has 1 fully saturated rings. The van der Waals surface area contributed by atoms with Gasteiger partial charge in [-0.2, -0.15) is 0 Å². The second-order valence-electron chi connectivity index (χ2n) is 3.19. The minimum absolute atomic E-state index is 0.0790. The van der Waals surface area contributed by atoms with Crippen molar-refractivity contribution in [2.75, 3.05) is 13.1 Å². The molecular formula is C9H12N2O2. The Balaban J connectivity index is 2.04. The maximum atomic E-state index is 11.6. The topological polar surface area (TPSA) is 46.3 Å². The van der Waals surface area contributed by atoms with Gasteiger partial charge in [0, 0.05) is 13.1 Å². The number of rotatable bonds is 1. The van der Waals surface area contributed by atoms with E-state index in [-0.39, 0.29) is 11.8 Å². The molecule has 4 nitrogen and oxygen atoms in total. The van der Waals surface area contributed by atoms with Crippen molar-refractivity contribution in [3.63, 3.8) is 0 Å². The van der Waals surface area contributed by atoms with Gasteiger partial charge in [-0.15, -0.1) is 0 Å². The number of aromatic nitrogens is 1. The van der Waals surface area contributed by atoms with Crippen LogP contribution in [0.3, 0.4) is 0 Å². The highest BCUT2D eigenvalue weighted by Gasteiger charge is 2.20. The van der Waals surface area contributed by atoms with E-state index in [1.807, 2.05) is 0 Å². The number of amides is 1. The molecule has 2 heterocycles. The van der Waals surface area contributed by atoms with Gasteiger partial charge in [-0.25, -0.2) is 4.98 Å². The van der Waals surface area contributed by atoms with Crippen LogP contribution in [0.15, 0.2) is 16.9 Å². The van der Waals surface area contributed by atoms with Crippen molar-refractivity contribution in [1.82, 2.24) is 9.88 Å². The molecule has 0 N–H and O–H groups in total. The fourth-order valence-corrected chi connectivity index (χ4v) is 1.56. The molecule has 13 heavy (non-hydrogen) atoms. The lowest BCUT2D eigenvalue weighted by molar-refractivity contribution is 0.0684. The average Bonchev–Trinajstić information content (AvgIpc) is 2.71. The van der Waals surface area contributed by atoms with Crippen molar-refractivity contribution in [2.24, 2.45) is 0 Å². The summed E-state index contributed by atoms with van der Waals surface area (Å²) in [7, 11) is 0. The Morgan fingerprint density at radius 3 is 2.77 bits per heavy atom. The first kappa shape index (κ1) is 8.29. The molecule has 2 rings (SSSR count). The van der Waals surface area contributed by atoms with Gasteiger partial charge in [-0.3, -0.25) is 4.79 Å². The van der Waals surface area contributed by atoms with Gasteiger partial charge < -0.3 is 9.32 Å². The summed E-state index contributed by atoms with van der Waals surface area (Å²) in [4.78, 5) is 17.3. The molecule has 1 aromatic rings. The predicted octanol–water partition coefficient (Wildman–Crippen LogP) is 1.30. The first-order valence-electron chi connectivity index (χ1n) is 4.57. The van der Waals surface area contributed by atoms with Gasteiger partial charge in [0.25, 0.3) is 5.89 Å². The SMILES string of the molecule is O=C(c1ncco1)N1CCCCC1. The van der Waals surface area contributed by atoms with Crippen molar-refractivity contribution in [2.45, 2.75) is 19.3 Å². The Labute approximate surface area is 76.6 Å². The number of hydrogen-bond acceptors (Lipinski definition) is 3. The lowest BCUT2D eigenvalue weighted by Gasteiger charge is -2.25. The smallest absolute Gasteiger partial charge is 0.309 e. The van der Waals surface area contributed by atoms with E-state index in [2.05, 4.69) is 4.98 Å². The molecule has 70 valence electrons. The van der Waals surface area contributed by atoms with E-state index in [1.165, 1.54) is 18.9 Å². The van der Waals surface area contributed by atoms with E-state index in [1.54, 1.807) is 4.90 Å². The van der Waals surface area contributed by atoms with E-state index in [0.717, 1.165) is 25.9 Å². The summed E-state index contributed by atoms with van der Waals surface area (Å²) >= 11 is 0. The summed E-state index contributed by atoms with van der Waals surface area (Å²) in [6.45, 7) is 1.67. The molecule has 0 unspecified atom stereocenters. The van der Waals surface area contributed by atoms with E-state index in [0.29, 0.717) is 0 Å². The minimum Gasteiger partial charge on any atom is -0.441 e. The molecule has 0 radical (unpaired) electrons. The Morgan fingerprint density at radius 1 is 1.38 bits per heavy atom. The Hall–Kier alpha value is -1.32. The Morgan fingerprint density at radius 2 is 2.15 bits per heavy atom. The summed E-state index contributed by atoms with van der Waals surface area (Å²) in [5.41, 5.74) is 0. The Kier molecular flexibility index (Phi) is 2.29. The lowest BCUT2D eigenvalue weighted by atomic mass is 10.1. The largest absolute Gasteiger partial charge is 0.441 e. The number of piperidine rings is 1. The van der Waals surface area contributed by atoms with Crippen LogP contribution in [0, 0.1) is 0 Å². The molecule has 1 aliphatic rings. The zero-order valence-corrected chi connectivity index (χ0v) is 7.40. The number of carbonyl (C=O) groups excluding carboxylic acids is 1. The van der Waals surface area contributed by atoms with Crippen LogP contribution in [-0.4, -0.2) is 28.9 Å². The molecule has 0 saturated carbocycles. The highest BCUT2D eigenvalue weighted by Crippen LogP contribution is 2.11. The molecule has 1 amide bonds. The molecule has 0 aliphatic carbocycles. The fraction of sp³-hybridized carbons (Fsp3) is 0.556. The molecule has 0 aromatic carbocycles. The normalized spacial score (nSPS) is 17.4. The van der Waals surface area contributed by atoms with Gasteiger partial charge in [-0.05, 0) is 19.3 Å². The van der Waals surface area contributed by atoms with Gasteiger partial charge in [0.05, 0.1) is 6.20 Å². The summed E-state index contributed by atoms with van der Waals surface area (Å²) in [6, 6.07) is 0. The third kappa shape index (κ3) is 1.71. The van der Waals surface area contributed by atoms with Crippen LogP contribution in [0.1, 0.15) is 29.9 Å². The van der Waals surface area contributed by atoms with Gasteiger partial charge in [0.15, 0.2) is 0 Å². The zero-order chi connectivity index (χ0) is 9.10. The molecular weight excluding hydrogens is 168 g/mol. The van der Waals surface area contributed by atoms with Gasteiger partial charge >= 0.3 is 5.91 Å². The third-order valence-electron chi connectivity index (χ3n) is 2.26. The summed E-state index contributed by atoms with van der Waals surface area (Å²) in [5.74, 6) is 0.131. The third-order valence-corrected chi connectivity index (χ3v) is 2.26. The van der Waals surface area contributed by atoms with Crippen molar-refractivity contribution in [3.05, 3.63) is 18.4 Å². The van der Waals surface area contributed by atoms with Crippen LogP contribution in [0.2, 0.25) is 0 Å². The average molecular weight is 180 g/mol. The van der Waals surface area contributed by atoms with E-state index in [4.69, 9.17) is 4.42 Å². The zero-order valence-electron chi connectivity index (χ0n) is 7.40. The summed E-state index contributed by atoms with van der Waals surface area (Å²) in [6.07, 6.45) is 6.32. The number of hydrogen-bond donors (Lipinski definition) is 0. The van der Waals surface area contributed by atoms with Crippen LogP contribution < -0.4 is 0 Å². The maximum absolute atomic E-state index is 11.6. The second kappa shape index (κ2) is 3.60. The van der Waals surface area contributed by atoms with Crippen LogP contribution >= 0.6 is 0 Å². The quantitative estimate of drug-likeness (QED) is 0.654.